The van der Waals surface area contributed by atoms with Gasteiger partial charge in [0.2, 0.25) is 0 Å². The van der Waals surface area contributed by atoms with E-state index in [-0.39, 0.29) is 6.10 Å². The maximum atomic E-state index is 10.6. The number of methoxy groups -OCH3 is 2. The SMILES string of the molecule is COc1ccc([C@H](O)c2ccc(COC3CCOC3)cc2)cc1OC. The fraction of sp³-hybridized carbons (Fsp3) is 0.400. The van der Waals surface area contributed by atoms with E-state index in [2.05, 4.69) is 0 Å². The zero-order chi connectivity index (χ0) is 17.6. The third-order valence-electron chi connectivity index (χ3n) is 4.39. The highest BCUT2D eigenvalue weighted by atomic mass is 16.5. The zero-order valence-corrected chi connectivity index (χ0v) is 14.6. The van der Waals surface area contributed by atoms with Crippen LogP contribution in [0.5, 0.6) is 11.5 Å². The van der Waals surface area contributed by atoms with E-state index >= 15 is 0 Å². The molecule has 2 aromatic rings. The molecule has 1 fully saturated rings. The van der Waals surface area contributed by atoms with E-state index < -0.39 is 6.10 Å². The van der Waals surface area contributed by atoms with Crippen LogP contribution < -0.4 is 9.47 Å². The number of aliphatic hydroxyl groups excluding tert-OH is 1. The van der Waals surface area contributed by atoms with Gasteiger partial charge in [0.1, 0.15) is 6.10 Å². The summed E-state index contributed by atoms with van der Waals surface area (Å²) in [6.45, 7) is 2.01. The number of hydrogen-bond acceptors (Lipinski definition) is 5. The van der Waals surface area contributed by atoms with Crippen molar-refractivity contribution in [2.45, 2.75) is 25.2 Å². The normalized spacial score (nSPS) is 18.1. The van der Waals surface area contributed by atoms with Crippen molar-refractivity contribution in [3.63, 3.8) is 0 Å². The third kappa shape index (κ3) is 4.31. The minimum absolute atomic E-state index is 0.192. The minimum Gasteiger partial charge on any atom is -0.493 e. The molecule has 1 unspecified atom stereocenters. The lowest BCUT2D eigenvalue weighted by Crippen LogP contribution is -2.11. The monoisotopic (exact) mass is 344 g/mol. The molecule has 2 atom stereocenters. The molecule has 25 heavy (non-hydrogen) atoms. The molecule has 0 aromatic heterocycles. The van der Waals surface area contributed by atoms with Crippen molar-refractivity contribution in [1.82, 2.24) is 0 Å². The molecule has 0 radical (unpaired) electrons. The van der Waals surface area contributed by atoms with Crippen LogP contribution in [0.25, 0.3) is 0 Å². The predicted molar refractivity (Wildman–Crippen MR) is 94.1 cm³/mol. The lowest BCUT2D eigenvalue weighted by molar-refractivity contribution is 0.0317. The van der Waals surface area contributed by atoms with E-state index in [1.54, 1.807) is 26.4 Å². The Morgan fingerprint density at radius 3 is 2.40 bits per heavy atom. The second-order valence-electron chi connectivity index (χ2n) is 6.06. The summed E-state index contributed by atoms with van der Waals surface area (Å²) < 4.78 is 21.6. The minimum atomic E-state index is -0.724. The van der Waals surface area contributed by atoms with Crippen LogP contribution in [0.2, 0.25) is 0 Å². The standard InChI is InChI=1S/C20H24O5/c1-22-18-8-7-16(11-19(18)23-2)20(21)15-5-3-14(4-6-15)12-25-17-9-10-24-13-17/h3-8,11,17,20-21H,9-10,12-13H2,1-2H3/t17?,20-/m1/s1. The molecule has 134 valence electrons. The summed E-state index contributed by atoms with van der Waals surface area (Å²) in [6, 6.07) is 13.2. The lowest BCUT2D eigenvalue weighted by Gasteiger charge is -2.15. The topological polar surface area (TPSA) is 57.2 Å². The molecule has 0 amide bonds. The van der Waals surface area contributed by atoms with Crippen molar-refractivity contribution in [1.29, 1.82) is 0 Å². The van der Waals surface area contributed by atoms with Gasteiger partial charge in [-0.05, 0) is 35.2 Å². The van der Waals surface area contributed by atoms with Crippen LogP contribution in [-0.2, 0) is 16.1 Å². The third-order valence-corrected chi connectivity index (χ3v) is 4.39. The lowest BCUT2D eigenvalue weighted by atomic mass is 10.00. The number of hydrogen-bond donors (Lipinski definition) is 1. The van der Waals surface area contributed by atoms with E-state index in [0.29, 0.717) is 24.7 Å². The molecule has 2 aromatic carbocycles. The molecule has 5 nitrogen and oxygen atoms in total. The highest BCUT2D eigenvalue weighted by molar-refractivity contribution is 5.45. The Kier molecular flexibility index (Phi) is 5.91. The molecule has 0 spiro atoms. The molecule has 1 aliphatic rings. The Morgan fingerprint density at radius 1 is 1.04 bits per heavy atom. The molecule has 1 N–H and O–H groups in total. The van der Waals surface area contributed by atoms with Crippen molar-refractivity contribution in [2.24, 2.45) is 0 Å². The maximum Gasteiger partial charge on any atom is 0.161 e. The highest BCUT2D eigenvalue weighted by Crippen LogP contribution is 2.32. The molecule has 1 saturated heterocycles. The zero-order valence-electron chi connectivity index (χ0n) is 14.6. The van der Waals surface area contributed by atoms with Crippen LogP contribution in [0.1, 0.15) is 29.2 Å². The van der Waals surface area contributed by atoms with Gasteiger partial charge in [-0.25, -0.2) is 0 Å². The summed E-state index contributed by atoms with van der Waals surface area (Å²) in [5, 5.41) is 10.6. The van der Waals surface area contributed by atoms with Crippen LogP contribution in [-0.4, -0.2) is 38.6 Å². The first-order chi connectivity index (χ1) is 12.2. The average Bonchev–Trinajstić information content (AvgIpc) is 3.19. The van der Waals surface area contributed by atoms with E-state index in [0.717, 1.165) is 29.7 Å². The summed E-state index contributed by atoms with van der Waals surface area (Å²) in [5.74, 6) is 1.24. The summed E-state index contributed by atoms with van der Waals surface area (Å²) in [5.41, 5.74) is 2.65. The van der Waals surface area contributed by atoms with Crippen molar-refractivity contribution in [2.75, 3.05) is 27.4 Å². The van der Waals surface area contributed by atoms with Crippen molar-refractivity contribution in [3.05, 3.63) is 59.2 Å². The quantitative estimate of drug-likeness (QED) is 0.836. The number of rotatable bonds is 7. The number of ether oxygens (including phenoxy) is 4. The van der Waals surface area contributed by atoms with Crippen molar-refractivity contribution < 1.29 is 24.1 Å². The molecule has 0 saturated carbocycles. The Balaban J connectivity index is 1.66. The van der Waals surface area contributed by atoms with Gasteiger partial charge in [-0.15, -0.1) is 0 Å². The van der Waals surface area contributed by atoms with Gasteiger partial charge in [0.15, 0.2) is 11.5 Å². The first-order valence-corrected chi connectivity index (χ1v) is 8.39. The molecule has 5 heteroatoms. The fourth-order valence-corrected chi connectivity index (χ4v) is 2.87. The predicted octanol–water partition coefficient (Wildman–Crippen LogP) is 3.09. The van der Waals surface area contributed by atoms with E-state index in [1.807, 2.05) is 30.3 Å². The second-order valence-corrected chi connectivity index (χ2v) is 6.06. The van der Waals surface area contributed by atoms with Gasteiger partial charge in [0.05, 0.1) is 33.5 Å². The first-order valence-electron chi connectivity index (χ1n) is 8.39. The fourth-order valence-electron chi connectivity index (χ4n) is 2.87. The molecule has 1 heterocycles. The van der Waals surface area contributed by atoms with Gasteiger partial charge in [0, 0.05) is 6.61 Å². The van der Waals surface area contributed by atoms with E-state index in [9.17, 15) is 5.11 Å². The van der Waals surface area contributed by atoms with Gasteiger partial charge in [-0.1, -0.05) is 30.3 Å². The molecular weight excluding hydrogens is 320 g/mol. The molecule has 0 aliphatic carbocycles. The molecule has 0 bridgehead atoms. The molecular formula is C20H24O5. The molecule has 3 rings (SSSR count). The van der Waals surface area contributed by atoms with Crippen LogP contribution in [0.4, 0.5) is 0 Å². The Bertz CT molecular complexity index is 677. The van der Waals surface area contributed by atoms with Crippen LogP contribution in [0.15, 0.2) is 42.5 Å². The van der Waals surface area contributed by atoms with Crippen molar-refractivity contribution in [3.8, 4) is 11.5 Å². The van der Waals surface area contributed by atoms with Crippen molar-refractivity contribution >= 4 is 0 Å². The summed E-state index contributed by atoms with van der Waals surface area (Å²) >= 11 is 0. The van der Waals surface area contributed by atoms with Gasteiger partial charge in [0.25, 0.3) is 0 Å². The highest BCUT2D eigenvalue weighted by Gasteiger charge is 2.16. The van der Waals surface area contributed by atoms with Crippen LogP contribution >= 0.6 is 0 Å². The van der Waals surface area contributed by atoms with Gasteiger partial charge >= 0.3 is 0 Å². The average molecular weight is 344 g/mol. The largest absolute Gasteiger partial charge is 0.493 e. The smallest absolute Gasteiger partial charge is 0.161 e. The first kappa shape index (κ1) is 17.7. The van der Waals surface area contributed by atoms with Crippen LogP contribution in [0.3, 0.4) is 0 Å². The van der Waals surface area contributed by atoms with Gasteiger partial charge in [-0.3, -0.25) is 0 Å². The summed E-state index contributed by atoms with van der Waals surface area (Å²) in [6.07, 6.45) is 0.422. The van der Waals surface area contributed by atoms with E-state index in [4.69, 9.17) is 18.9 Å². The maximum absolute atomic E-state index is 10.6. The Hall–Kier alpha value is -2.08. The Morgan fingerprint density at radius 2 is 1.76 bits per heavy atom. The Labute approximate surface area is 148 Å². The molecule has 1 aliphatic heterocycles. The second kappa shape index (κ2) is 8.34. The van der Waals surface area contributed by atoms with Gasteiger partial charge in [-0.2, -0.15) is 0 Å². The van der Waals surface area contributed by atoms with Gasteiger partial charge < -0.3 is 24.1 Å². The summed E-state index contributed by atoms with van der Waals surface area (Å²) in [7, 11) is 3.17. The van der Waals surface area contributed by atoms with E-state index in [1.165, 1.54) is 0 Å². The van der Waals surface area contributed by atoms with Crippen LogP contribution in [0, 0.1) is 0 Å². The number of benzene rings is 2. The summed E-state index contributed by atoms with van der Waals surface area (Å²) in [4.78, 5) is 0. The number of aliphatic hydroxyl groups is 1.